The Bertz CT molecular complexity index is 628. The SMILES string of the molecule is COc1cc(N)ccc1C(=O)OCc1cccc(Cl)c1. The quantitative estimate of drug-likeness (QED) is 0.693. The number of hydrogen-bond donors (Lipinski definition) is 1. The van der Waals surface area contributed by atoms with Crippen molar-refractivity contribution in [2.75, 3.05) is 12.8 Å². The Morgan fingerprint density at radius 3 is 2.75 bits per heavy atom. The smallest absolute Gasteiger partial charge is 0.342 e. The molecule has 0 bridgehead atoms. The van der Waals surface area contributed by atoms with Gasteiger partial charge in [0.15, 0.2) is 0 Å². The van der Waals surface area contributed by atoms with Gasteiger partial charge in [0.2, 0.25) is 0 Å². The fourth-order valence-electron chi connectivity index (χ4n) is 1.73. The van der Waals surface area contributed by atoms with Gasteiger partial charge in [-0.3, -0.25) is 0 Å². The third-order valence-electron chi connectivity index (χ3n) is 2.70. The molecule has 0 aliphatic rings. The molecule has 2 aromatic carbocycles. The number of esters is 1. The van der Waals surface area contributed by atoms with Crippen LogP contribution in [-0.4, -0.2) is 13.1 Å². The molecule has 0 radical (unpaired) electrons. The Kier molecular flexibility index (Phi) is 4.48. The van der Waals surface area contributed by atoms with E-state index < -0.39 is 5.97 Å². The zero-order valence-corrected chi connectivity index (χ0v) is 11.7. The molecular weight excluding hydrogens is 278 g/mol. The lowest BCUT2D eigenvalue weighted by Gasteiger charge is -2.09. The van der Waals surface area contributed by atoms with Gasteiger partial charge in [-0.15, -0.1) is 0 Å². The second-order valence-electron chi connectivity index (χ2n) is 4.17. The molecule has 4 nitrogen and oxygen atoms in total. The Hall–Kier alpha value is -2.20. The van der Waals surface area contributed by atoms with Crippen molar-refractivity contribution in [3.05, 3.63) is 58.6 Å². The molecule has 0 atom stereocenters. The van der Waals surface area contributed by atoms with E-state index in [2.05, 4.69) is 0 Å². The molecule has 2 N–H and O–H groups in total. The molecule has 2 rings (SSSR count). The number of nitrogens with two attached hydrogens (primary N) is 1. The third-order valence-corrected chi connectivity index (χ3v) is 2.94. The minimum absolute atomic E-state index is 0.146. The minimum atomic E-state index is -0.471. The van der Waals surface area contributed by atoms with Crippen LogP contribution < -0.4 is 10.5 Å². The first-order valence-corrected chi connectivity index (χ1v) is 6.33. The van der Waals surface area contributed by atoms with Crippen molar-refractivity contribution < 1.29 is 14.3 Å². The summed E-state index contributed by atoms with van der Waals surface area (Å²) in [6.45, 7) is 0.146. The average Bonchev–Trinajstić information content (AvgIpc) is 2.44. The summed E-state index contributed by atoms with van der Waals surface area (Å²) in [5, 5.41) is 0.601. The molecule has 0 unspecified atom stereocenters. The normalized spacial score (nSPS) is 10.1. The number of anilines is 1. The first kappa shape index (κ1) is 14.2. The molecule has 0 amide bonds. The van der Waals surface area contributed by atoms with Gasteiger partial charge in [-0.25, -0.2) is 4.79 Å². The number of hydrogen-bond acceptors (Lipinski definition) is 4. The van der Waals surface area contributed by atoms with E-state index >= 15 is 0 Å². The molecule has 0 saturated carbocycles. The van der Waals surface area contributed by atoms with Gasteiger partial charge in [0.1, 0.15) is 17.9 Å². The Morgan fingerprint density at radius 2 is 2.05 bits per heavy atom. The van der Waals surface area contributed by atoms with Crippen LogP contribution in [-0.2, 0) is 11.3 Å². The molecule has 0 heterocycles. The van der Waals surface area contributed by atoms with Crippen molar-refractivity contribution in [2.24, 2.45) is 0 Å². The average molecular weight is 292 g/mol. The van der Waals surface area contributed by atoms with Crippen LogP contribution in [0.2, 0.25) is 5.02 Å². The van der Waals surface area contributed by atoms with Crippen LogP contribution in [0.15, 0.2) is 42.5 Å². The highest BCUT2D eigenvalue weighted by atomic mass is 35.5. The van der Waals surface area contributed by atoms with Crippen LogP contribution in [0.3, 0.4) is 0 Å². The van der Waals surface area contributed by atoms with Crippen LogP contribution in [0.5, 0.6) is 5.75 Å². The van der Waals surface area contributed by atoms with Crippen LogP contribution in [0.1, 0.15) is 15.9 Å². The highest BCUT2D eigenvalue weighted by Crippen LogP contribution is 2.22. The number of methoxy groups -OCH3 is 1. The van der Waals surface area contributed by atoms with E-state index in [-0.39, 0.29) is 6.61 Å². The summed E-state index contributed by atoms with van der Waals surface area (Å²) < 4.78 is 10.3. The standard InChI is InChI=1S/C15H14ClNO3/c1-19-14-8-12(17)5-6-13(14)15(18)20-9-10-3-2-4-11(16)7-10/h2-8H,9,17H2,1H3. The first-order chi connectivity index (χ1) is 9.60. The fraction of sp³-hybridized carbons (Fsp3) is 0.133. The van der Waals surface area contributed by atoms with Gasteiger partial charge < -0.3 is 15.2 Å². The monoisotopic (exact) mass is 291 g/mol. The van der Waals surface area contributed by atoms with E-state index in [0.717, 1.165) is 5.56 Å². The maximum atomic E-state index is 12.0. The van der Waals surface area contributed by atoms with Gasteiger partial charge in [0.25, 0.3) is 0 Å². The summed E-state index contributed by atoms with van der Waals surface area (Å²) in [5.41, 5.74) is 7.32. The van der Waals surface area contributed by atoms with Crippen molar-refractivity contribution >= 4 is 23.3 Å². The number of nitrogen functional groups attached to an aromatic ring is 1. The minimum Gasteiger partial charge on any atom is -0.496 e. The van der Waals surface area contributed by atoms with Crippen molar-refractivity contribution in [3.63, 3.8) is 0 Å². The lowest BCUT2D eigenvalue weighted by Crippen LogP contribution is -2.07. The van der Waals surface area contributed by atoms with E-state index in [1.54, 1.807) is 36.4 Å². The summed E-state index contributed by atoms with van der Waals surface area (Å²) in [4.78, 5) is 12.0. The molecule has 5 heteroatoms. The van der Waals surface area contributed by atoms with Crippen molar-refractivity contribution in [1.82, 2.24) is 0 Å². The molecule has 0 aromatic heterocycles. The molecule has 104 valence electrons. The van der Waals surface area contributed by atoms with Gasteiger partial charge in [-0.1, -0.05) is 23.7 Å². The number of ether oxygens (including phenoxy) is 2. The number of benzene rings is 2. The summed E-state index contributed by atoms with van der Waals surface area (Å²) in [5.74, 6) is -0.0806. The molecule has 2 aromatic rings. The molecule has 0 aliphatic heterocycles. The molecule has 0 fully saturated rings. The van der Waals surface area contributed by atoms with E-state index in [0.29, 0.717) is 22.0 Å². The first-order valence-electron chi connectivity index (χ1n) is 5.95. The lowest BCUT2D eigenvalue weighted by molar-refractivity contribution is 0.0469. The van der Waals surface area contributed by atoms with Crippen LogP contribution in [0.4, 0.5) is 5.69 Å². The van der Waals surface area contributed by atoms with Gasteiger partial charge >= 0.3 is 5.97 Å². The Morgan fingerprint density at radius 1 is 1.25 bits per heavy atom. The summed E-state index contributed by atoms with van der Waals surface area (Å²) >= 11 is 5.87. The second-order valence-corrected chi connectivity index (χ2v) is 4.60. The Balaban J connectivity index is 2.09. The van der Waals surface area contributed by atoms with Crippen molar-refractivity contribution in [2.45, 2.75) is 6.61 Å². The number of carbonyl (C=O) groups excluding carboxylic acids is 1. The molecule has 0 aliphatic carbocycles. The summed E-state index contributed by atoms with van der Waals surface area (Å²) in [6.07, 6.45) is 0. The van der Waals surface area contributed by atoms with Crippen LogP contribution in [0, 0.1) is 0 Å². The van der Waals surface area contributed by atoms with Crippen molar-refractivity contribution in [3.8, 4) is 5.75 Å². The van der Waals surface area contributed by atoms with E-state index in [1.807, 2.05) is 6.07 Å². The molecule has 0 spiro atoms. The topological polar surface area (TPSA) is 61.5 Å². The summed E-state index contributed by atoms with van der Waals surface area (Å²) in [6, 6.07) is 11.9. The zero-order chi connectivity index (χ0) is 14.5. The molecule has 0 saturated heterocycles. The highest BCUT2D eigenvalue weighted by Gasteiger charge is 2.14. The zero-order valence-electron chi connectivity index (χ0n) is 10.9. The lowest BCUT2D eigenvalue weighted by atomic mass is 10.2. The largest absolute Gasteiger partial charge is 0.496 e. The molecule has 20 heavy (non-hydrogen) atoms. The predicted octanol–water partition coefficient (Wildman–Crippen LogP) is 3.29. The maximum Gasteiger partial charge on any atom is 0.342 e. The fourth-order valence-corrected chi connectivity index (χ4v) is 1.94. The van der Waals surface area contributed by atoms with Crippen LogP contribution >= 0.6 is 11.6 Å². The maximum absolute atomic E-state index is 12.0. The van der Waals surface area contributed by atoms with Gasteiger partial charge in [0.05, 0.1) is 7.11 Å². The second kappa shape index (κ2) is 6.30. The Labute approximate surface area is 122 Å². The van der Waals surface area contributed by atoms with Crippen LogP contribution in [0.25, 0.3) is 0 Å². The van der Waals surface area contributed by atoms with E-state index in [1.165, 1.54) is 7.11 Å². The van der Waals surface area contributed by atoms with Crippen molar-refractivity contribution in [1.29, 1.82) is 0 Å². The molecular formula is C15H14ClNO3. The van der Waals surface area contributed by atoms with Gasteiger partial charge in [-0.05, 0) is 29.8 Å². The predicted molar refractivity (Wildman–Crippen MR) is 78.0 cm³/mol. The summed E-state index contributed by atoms with van der Waals surface area (Å²) in [7, 11) is 1.47. The number of carbonyl (C=O) groups is 1. The van der Waals surface area contributed by atoms with E-state index in [4.69, 9.17) is 26.8 Å². The number of halogens is 1. The van der Waals surface area contributed by atoms with E-state index in [9.17, 15) is 4.79 Å². The van der Waals surface area contributed by atoms with Gasteiger partial charge in [0, 0.05) is 16.8 Å². The highest BCUT2D eigenvalue weighted by molar-refractivity contribution is 6.30. The third kappa shape index (κ3) is 3.42. The number of rotatable bonds is 4. The van der Waals surface area contributed by atoms with Gasteiger partial charge in [-0.2, -0.15) is 0 Å².